The van der Waals surface area contributed by atoms with E-state index in [-0.39, 0.29) is 5.91 Å². The zero-order valence-corrected chi connectivity index (χ0v) is 9.69. The van der Waals surface area contributed by atoms with Crippen LogP contribution in [-0.2, 0) is 9.47 Å². The van der Waals surface area contributed by atoms with Gasteiger partial charge in [-0.3, -0.25) is 9.78 Å². The van der Waals surface area contributed by atoms with Crippen molar-refractivity contribution in [2.24, 2.45) is 0 Å². The number of rotatable bonds is 5. The number of hydrogen-bond acceptors (Lipinski definition) is 4. The summed E-state index contributed by atoms with van der Waals surface area (Å²) in [5.41, 5.74) is 1.26. The molecule has 0 saturated carbocycles. The number of amides is 1. The zero-order chi connectivity index (χ0) is 12.0. The SMILES string of the molecule is COC(CNC(=O)c1cccnc1C)OC. The van der Waals surface area contributed by atoms with Crippen LogP contribution in [0.4, 0.5) is 0 Å². The smallest absolute Gasteiger partial charge is 0.253 e. The van der Waals surface area contributed by atoms with Gasteiger partial charge in [0.2, 0.25) is 0 Å². The molecule has 0 bridgehead atoms. The third kappa shape index (κ3) is 3.29. The molecular weight excluding hydrogens is 208 g/mol. The fourth-order valence-corrected chi connectivity index (χ4v) is 1.26. The molecule has 1 amide bonds. The van der Waals surface area contributed by atoms with Crippen molar-refractivity contribution in [3.63, 3.8) is 0 Å². The van der Waals surface area contributed by atoms with Crippen LogP contribution in [0.3, 0.4) is 0 Å². The maximum Gasteiger partial charge on any atom is 0.253 e. The van der Waals surface area contributed by atoms with E-state index in [1.165, 1.54) is 14.2 Å². The number of nitrogens with zero attached hydrogens (tertiary/aromatic N) is 1. The molecule has 1 aromatic rings. The minimum absolute atomic E-state index is 0.176. The van der Waals surface area contributed by atoms with Crippen LogP contribution >= 0.6 is 0 Å². The number of pyridine rings is 1. The van der Waals surface area contributed by atoms with Crippen LogP contribution in [0.1, 0.15) is 16.1 Å². The summed E-state index contributed by atoms with van der Waals surface area (Å²) < 4.78 is 9.93. The molecule has 0 spiro atoms. The highest BCUT2D eigenvalue weighted by Crippen LogP contribution is 2.03. The summed E-state index contributed by atoms with van der Waals surface area (Å²) >= 11 is 0. The molecule has 0 radical (unpaired) electrons. The van der Waals surface area contributed by atoms with Crippen LogP contribution in [0.25, 0.3) is 0 Å². The molecule has 0 aliphatic heterocycles. The highest BCUT2D eigenvalue weighted by atomic mass is 16.7. The van der Waals surface area contributed by atoms with Gasteiger partial charge in [-0.05, 0) is 19.1 Å². The second-order valence-electron chi connectivity index (χ2n) is 3.25. The number of carbonyl (C=O) groups excluding carboxylic acids is 1. The molecule has 1 rings (SSSR count). The molecular formula is C11H16N2O3. The van der Waals surface area contributed by atoms with Crippen LogP contribution < -0.4 is 5.32 Å². The van der Waals surface area contributed by atoms with Crippen molar-refractivity contribution in [2.75, 3.05) is 20.8 Å². The summed E-state index contributed by atoms with van der Waals surface area (Å²) in [4.78, 5) is 15.8. The molecule has 0 unspecified atom stereocenters. The predicted octanol–water partition coefficient (Wildman–Crippen LogP) is 0.739. The molecule has 5 heteroatoms. The molecule has 0 aromatic carbocycles. The summed E-state index contributed by atoms with van der Waals surface area (Å²) in [6, 6.07) is 3.46. The molecule has 0 aliphatic carbocycles. The average Bonchev–Trinajstić information content (AvgIpc) is 2.30. The van der Waals surface area contributed by atoms with E-state index in [0.29, 0.717) is 17.8 Å². The third-order valence-corrected chi connectivity index (χ3v) is 2.21. The number of hydrogen-bond donors (Lipinski definition) is 1. The van der Waals surface area contributed by atoms with Crippen LogP contribution in [0, 0.1) is 6.92 Å². The number of ether oxygens (including phenoxy) is 2. The molecule has 0 aliphatic rings. The standard InChI is InChI=1S/C11H16N2O3/c1-8-9(5-4-6-12-8)11(14)13-7-10(15-2)16-3/h4-6,10H,7H2,1-3H3,(H,13,14). The first-order valence-electron chi connectivity index (χ1n) is 4.94. The largest absolute Gasteiger partial charge is 0.354 e. The Labute approximate surface area is 94.8 Å². The van der Waals surface area contributed by atoms with Crippen molar-refractivity contribution in [1.82, 2.24) is 10.3 Å². The molecule has 1 N–H and O–H groups in total. The molecule has 1 aromatic heterocycles. The van der Waals surface area contributed by atoms with E-state index >= 15 is 0 Å². The molecule has 88 valence electrons. The van der Waals surface area contributed by atoms with Crippen molar-refractivity contribution in [3.8, 4) is 0 Å². The zero-order valence-electron chi connectivity index (χ0n) is 9.69. The number of aromatic nitrogens is 1. The van der Waals surface area contributed by atoms with E-state index in [2.05, 4.69) is 10.3 Å². The Morgan fingerprint density at radius 3 is 2.75 bits per heavy atom. The first-order valence-corrected chi connectivity index (χ1v) is 4.94. The summed E-state index contributed by atoms with van der Waals surface area (Å²) in [5.74, 6) is -0.176. The van der Waals surface area contributed by atoms with Gasteiger partial charge in [-0.2, -0.15) is 0 Å². The Morgan fingerprint density at radius 1 is 1.50 bits per heavy atom. The van der Waals surface area contributed by atoms with Crippen LogP contribution in [-0.4, -0.2) is 37.9 Å². The van der Waals surface area contributed by atoms with Crippen molar-refractivity contribution >= 4 is 5.91 Å². The highest BCUT2D eigenvalue weighted by Gasteiger charge is 2.11. The second kappa shape index (κ2) is 6.19. The monoisotopic (exact) mass is 224 g/mol. The van der Waals surface area contributed by atoms with Gasteiger partial charge in [0.25, 0.3) is 5.91 Å². The average molecular weight is 224 g/mol. The van der Waals surface area contributed by atoms with Gasteiger partial charge < -0.3 is 14.8 Å². The van der Waals surface area contributed by atoms with Crippen LogP contribution in [0.15, 0.2) is 18.3 Å². The van der Waals surface area contributed by atoms with Gasteiger partial charge in [0, 0.05) is 26.1 Å². The number of aryl methyl sites for hydroxylation is 1. The maximum absolute atomic E-state index is 11.7. The van der Waals surface area contributed by atoms with Gasteiger partial charge in [-0.25, -0.2) is 0 Å². The lowest BCUT2D eigenvalue weighted by molar-refractivity contribution is -0.0974. The Bertz CT molecular complexity index is 351. The Balaban J connectivity index is 2.56. The minimum atomic E-state index is -0.430. The second-order valence-corrected chi connectivity index (χ2v) is 3.25. The van der Waals surface area contributed by atoms with Gasteiger partial charge in [-0.1, -0.05) is 0 Å². The van der Waals surface area contributed by atoms with Gasteiger partial charge in [-0.15, -0.1) is 0 Å². The van der Waals surface area contributed by atoms with E-state index in [1.54, 1.807) is 25.3 Å². The summed E-state index contributed by atoms with van der Waals surface area (Å²) in [5, 5.41) is 2.71. The lowest BCUT2D eigenvalue weighted by atomic mass is 10.2. The van der Waals surface area contributed by atoms with Crippen molar-refractivity contribution in [1.29, 1.82) is 0 Å². The quantitative estimate of drug-likeness (QED) is 0.749. The van der Waals surface area contributed by atoms with Crippen LogP contribution in [0.2, 0.25) is 0 Å². The third-order valence-electron chi connectivity index (χ3n) is 2.21. The topological polar surface area (TPSA) is 60.5 Å². The van der Waals surface area contributed by atoms with E-state index in [9.17, 15) is 4.79 Å². The summed E-state index contributed by atoms with van der Waals surface area (Å²) in [6.07, 6.45) is 1.22. The van der Waals surface area contributed by atoms with E-state index in [1.807, 2.05) is 0 Å². The number of nitrogens with one attached hydrogen (secondary N) is 1. The molecule has 16 heavy (non-hydrogen) atoms. The Kier molecular flexibility index (Phi) is 4.88. The lowest BCUT2D eigenvalue weighted by Crippen LogP contribution is -2.34. The minimum Gasteiger partial charge on any atom is -0.354 e. The van der Waals surface area contributed by atoms with Gasteiger partial charge in [0.1, 0.15) is 0 Å². The first-order chi connectivity index (χ1) is 7.69. The molecule has 5 nitrogen and oxygen atoms in total. The van der Waals surface area contributed by atoms with Gasteiger partial charge in [0.15, 0.2) is 6.29 Å². The van der Waals surface area contributed by atoms with Crippen molar-refractivity contribution in [3.05, 3.63) is 29.6 Å². The molecule has 0 saturated heterocycles. The first kappa shape index (κ1) is 12.6. The number of methoxy groups -OCH3 is 2. The van der Waals surface area contributed by atoms with Crippen LogP contribution in [0.5, 0.6) is 0 Å². The fraction of sp³-hybridized carbons (Fsp3) is 0.455. The predicted molar refractivity (Wildman–Crippen MR) is 59.1 cm³/mol. The Hall–Kier alpha value is -1.46. The Morgan fingerprint density at radius 2 is 2.19 bits per heavy atom. The van der Waals surface area contributed by atoms with E-state index in [4.69, 9.17) is 9.47 Å². The number of carbonyl (C=O) groups is 1. The maximum atomic E-state index is 11.7. The van der Waals surface area contributed by atoms with E-state index < -0.39 is 6.29 Å². The normalized spacial score (nSPS) is 10.5. The van der Waals surface area contributed by atoms with Gasteiger partial charge in [0.05, 0.1) is 12.1 Å². The lowest BCUT2D eigenvalue weighted by Gasteiger charge is -2.14. The van der Waals surface area contributed by atoms with Crippen molar-refractivity contribution in [2.45, 2.75) is 13.2 Å². The van der Waals surface area contributed by atoms with E-state index in [0.717, 1.165) is 0 Å². The summed E-state index contributed by atoms with van der Waals surface area (Å²) in [7, 11) is 3.05. The van der Waals surface area contributed by atoms with Gasteiger partial charge >= 0.3 is 0 Å². The molecule has 0 atom stereocenters. The van der Waals surface area contributed by atoms with Crippen molar-refractivity contribution < 1.29 is 14.3 Å². The molecule has 1 heterocycles. The molecule has 0 fully saturated rings. The summed E-state index contributed by atoms with van der Waals surface area (Å²) in [6.45, 7) is 2.10. The highest BCUT2D eigenvalue weighted by molar-refractivity contribution is 5.95. The fourth-order valence-electron chi connectivity index (χ4n) is 1.26.